The molecule has 0 saturated carbocycles. The highest BCUT2D eigenvalue weighted by Gasteiger charge is 2.30. The van der Waals surface area contributed by atoms with Gasteiger partial charge < -0.3 is 19.3 Å². The van der Waals surface area contributed by atoms with Crippen LogP contribution in [0.2, 0.25) is 10.0 Å². The Kier molecular flexibility index (Phi) is 9.66. The average molecular weight is 690 g/mol. The van der Waals surface area contributed by atoms with Gasteiger partial charge in [-0.2, -0.15) is 4.98 Å². The number of carbonyl (C=O) groups excluding carboxylic acids is 2. The molecule has 244 valence electrons. The van der Waals surface area contributed by atoms with Crippen molar-refractivity contribution in [2.75, 3.05) is 48.5 Å². The van der Waals surface area contributed by atoms with Crippen molar-refractivity contribution in [2.24, 2.45) is 0 Å². The highest BCUT2D eigenvalue weighted by Crippen LogP contribution is 2.31. The molecule has 4 aromatic rings. The van der Waals surface area contributed by atoms with E-state index in [9.17, 15) is 18.0 Å². The molecule has 1 aliphatic rings. The van der Waals surface area contributed by atoms with Gasteiger partial charge in [-0.25, -0.2) is 18.2 Å². The smallest absolute Gasteiger partial charge is 0.410 e. The standard InChI is InChI=1S/C31H34Cl2N6O6S/c1-5-44-28(40)20-39(46(42,43)25-18-22(32)17-23(33)19-25)24-6-7-26-21(16-24)9-11-38(26)29-34-10-8-27(35-29)36-12-14-37(15-13-36)30(41)45-31(2,3)4/h6-11,16-19H,5,12-15,20H2,1-4H3. The maximum absolute atomic E-state index is 13.8. The van der Waals surface area contributed by atoms with E-state index in [0.29, 0.717) is 43.3 Å². The summed E-state index contributed by atoms with van der Waals surface area (Å²) in [7, 11) is -4.27. The fourth-order valence-electron chi connectivity index (χ4n) is 4.98. The molecule has 1 amide bonds. The highest BCUT2D eigenvalue weighted by atomic mass is 35.5. The van der Waals surface area contributed by atoms with Crippen LogP contribution in [0.5, 0.6) is 0 Å². The second-order valence-electron chi connectivity index (χ2n) is 11.5. The summed E-state index contributed by atoms with van der Waals surface area (Å²) < 4.78 is 40.9. The number of rotatable bonds is 8. The fourth-order valence-corrected chi connectivity index (χ4v) is 7.11. The van der Waals surface area contributed by atoms with E-state index in [2.05, 4.69) is 9.88 Å². The van der Waals surface area contributed by atoms with E-state index in [1.807, 2.05) is 26.8 Å². The molecule has 15 heteroatoms. The Morgan fingerprint density at radius 2 is 1.67 bits per heavy atom. The van der Waals surface area contributed by atoms with Gasteiger partial charge in [-0.05, 0) is 76.2 Å². The largest absolute Gasteiger partial charge is 0.465 e. The Labute approximate surface area is 277 Å². The normalized spacial score (nSPS) is 14.0. The molecule has 0 unspecified atom stereocenters. The number of ether oxygens (including phenoxy) is 2. The molecule has 0 aliphatic carbocycles. The maximum atomic E-state index is 13.8. The quantitative estimate of drug-likeness (QED) is 0.219. The van der Waals surface area contributed by atoms with Crippen LogP contribution in [0.15, 0.2) is 65.8 Å². The van der Waals surface area contributed by atoms with Gasteiger partial charge in [0.2, 0.25) is 5.95 Å². The summed E-state index contributed by atoms with van der Waals surface area (Å²) in [6.07, 6.45) is 3.12. The molecule has 1 saturated heterocycles. The summed E-state index contributed by atoms with van der Waals surface area (Å²) >= 11 is 12.2. The lowest BCUT2D eigenvalue weighted by Gasteiger charge is -2.36. The van der Waals surface area contributed by atoms with E-state index in [-0.39, 0.29) is 33.3 Å². The van der Waals surface area contributed by atoms with E-state index in [1.165, 1.54) is 18.2 Å². The van der Waals surface area contributed by atoms with Crippen LogP contribution >= 0.6 is 23.2 Å². The van der Waals surface area contributed by atoms with Gasteiger partial charge in [0.15, 0.2) is 0 Å². The van der Waals surface area contributed by atoms with E-state index in [0.717, 1.165) is 9.82 Å². The molecule has 2 aromatic carbocycles. The molecule has 0 bridgehead atoms. The summed E-state index contributed by atoms with van der Waals surface area (Å²) in [4.78, 5) is 37.9. The first-order chi connectivity index (χ1) is 21.7. The number of benzene rings is 2. The molecular weight excluding hydrogens is 655 g/mol. The van der Waals surface area contributed by atoms with Gasteiger partial charge >= 0.3 is 12.1 Å². The van der Waals surface area contributed by atoms with Crippen LogP contribution in [0.3, 0.4) is 0 Å². The molecule has 1 aliphatic heterocycles. The average Bonchev–Trinajstić information content (AvgIpc) is 3.42. The molecule has 12 nitrogen and oxygen atoms in total. The number of carbonyl (C=O) groups is 2. The van der Waals surface area contributed by atoms with Gasteiger partial charge in [0.25, 0.3) is 10.0 Å². The van der Waals surface area contributed by atoms with Crippen molar-refractivity contribution < 1.29 is 27.5 Å². The monoisotopic (exact) mass is 688 g/mol. The number of fused-ring (bicyclic) bond motifs is 1. The van der Waals surface area contributed by atoms with Gasteiger partial charge in [0.1, 0.15) is 18.0 Å². The van der Waals surface area contributed by atoms with E-state index in [4.69, 9.17) is 37.7 Å². The van der Waals surface area contributed by atoms with Gasteiger partial charge in [-0.15, -0.1) is 0 Å². The van der Waals surface area contributed by atoms with Crippen LogP contribution in [0.4, 0.5) is 16.3 Å². The van der Waals surface area contributed by atoms with Crippen LogP contribution < -0.4 is 9.21 Å². The lowest BCUT2D eigenvalue weighted by Crippen LogP contribution is -2.50. The third kappa shape index (κ3) is 7.48. The SMILES string of the molecule is CCOC(=O)CN(c1ccc2c(ccn2-c2nccc(N3CCN(C(=O)OC(C)(C)C)CC3)n2)c1)S(=O)(=O)c1cc(Cl)cc(Cl)c1. The van der Waals surface area contributed by atoms with Crippen molar-refractivity contribution in [3.05, 3.63) is 71.0 Å². The predicted molar refractivity (Wildman–Crippen MR) is 177 cm³/mol. The van der Waals surface area contributed by atoms with Crippen molar-refractivity contribution in [3.8, 4) is 5.95 Å². The lowest BCUT2D eigenvalue weighted by atomic mass is 10.2. The molecule has 0 atom stereocenters. The number of hydrogen-bond donors (Lipinski definition) is 0. The maximum Gasteiger partial charge on any atom is 0.410 e. The van der Waals surface area contributed by atoms with Crippen molar-refractivity contribution >= 4 is 67.7 Å². The Bertz CT molecular complexity index is 1850. The molecule has 46 heavy (non-hydrogen) atoms. The number of amides is 1. The Morgan fingerprint density at radius 1 is 0.978 bits per heavy atom. The zero-order chi connectivity index (χ0) is 33.2. The number of sulfonamides is 1. The predicted octanol–water partition coefficient (Wildman–Crippen LogP) is 5.54. The van der Waals surface area contributed by atoms with Crippen LogP contribution in [0, 0.1) is 0 Å². The first-order valence-corrected chi connectivity index (χ1v) is 16.8. The van der Waals surface area contributed by atoms with E-state index < -0.39 is 28.1 Å². The fraction of sp³-hybridized carbons (Fsp3) is 0.355. The molecule has 0 spiro atoms. The number of nitrogens with zero attached hydrogens (tertiary/aromatic N) is 6. The topological polar surface area (TPSA) is 127 Å². The number of halogens is 2. The van der Waals surface area contributed by atoms with Crippen molar-refractivity contribution in [2.45, 2.75) is 38.2 Å². The number of esters is 1. The second kappa shape index (κ2) is 13.3. The van der Waals surface area contributed by atoms with Crippen LogP contribution in [-0.2, 0) is 24.3 Å². The van der Waals surface area contributed by atoms with Crippen molar-refractivity contribution in [3.63, 3.8) is 0 Å². The molecule has 0 radical (unpaired) electrons. The number of piperazine rings is 1. The summed E-state index contributed by atoms with van der Waals surface area (Å²) in [5.41, 5.74) is 0.399. The second-order valence-corrected chi connectivity index (χ2v) is 14.3. The summed E-state index contributed by atoms with van der Waals surface area (Å²) in [5, 5.41) is 0.967. The van der Waals surface area contributed by atoms with Crippen molar-refractivity contribution in [1.29, 1.82) is 0 Å². The number of hydrogen-bond acceptors (Lipinski definition) is 9. The van der Waals surface area contributed by atoms with Gasteiger partial charge in [0, 0.05) is 54.0 Å². The molecule has 1 fully saturated rings. The molecule has 2 aromatic heterocycles. The zero-order valence-corrected chi connectivity index (χ0v) is 28.1. The van der Waals surface area contributed by atoms with Gasteiger partial charge in [-0.1, -0.05) is 23.2 Å². The minimum Gasteiger partial charge on any atom is -0.465 e. The molecule has 0 N–H and O–H groups in total. The van der Waals surface area contributed by atoms with Crippen LogP contribution in [0.1, 0.15) is 27.7 Å². The number of aromatic nitrogens is 3. The van der Waals surface area contributed by atoms with Crippen LogP contribution in [-0.4, -0.2) is 84.8 Å². The lowest BCUT2D eigenvalue weighted by molar-refractivity contribution is -0.141. The summed E-state index contributed by atoms with van der Waals surface area (Å²) in [6.45, 7) is 8.85. The van der Waals surface area contributed by atoms with E-state index >= 15 is 0 Å². The zero-order valence-electron chi connectivity index (χ0n) is 25.8. The Balaban J connectivity index is 1.41. The first kappa shape index (κ1) is 33.3. The van der Waals surface area contributed by atoms with Gasteiger partial charge in [0.05, 0.1) is 22.7 Å². The third-order valence-electron chi connectivity index (χ3n) is 7.06. The van der Waals surface area contributed by atoms with Gasteiger partial charge in [-0.3, -0.25) is 13.7 Å². The Morgan fingerprint density at radius 3 is 2.33 bits per heavy atom. The molecule has 5 rings (SSSR count). The van der Waals surface area contributed by atoms with E-state index in [1.54, 1.807) is 53.0 Å². The van der Waals surface area contributed by atoms with Crippen molar-refractivity contribution in [1.82, 2.24) is 19.4 Å². The highest BCUT2D eigenvalue weighted by molar-refractivity contribution is 7.92. The minimum atomic E-state index is -4.27. The Hall–Kier alpha value is -4.07. The molecule has 3 heterocycles. The summed E-state index contributed by atoms with van der Waals surface area (Å²) in [6, 6.07) is 12.6. The number of anilines is 2. The van der Waals surface area contributed by atoms with Crippen LogP contribution in [0.25, 0.3) is 16.9 Å². The first-order valence-electron chi connectivity index (χ1n) is 14.6. The third-order valence-corrected chi connectivity index (χ3v) is 9.25. The molecular formula is C31H34Cl2N6O6S. The summed E-state index contributed by atoms with van der Waals surface area (Å²) in [5.74, 6) is 0.410. The minimum absolute atomic E-state index is 0.0933.